The monoisotopic (exact) mass is 300 g/mol. The van der Waals surface area contributed by atoms with E-state index < -0.39 is 5.60 Å². The summed E-state index contributed by atoms with van der Waals surface area (Å²) in [5.41, 5.74) is -1.20. The van der Waals surface area contributed by atoms with Crippen LogP contribution >= 0.6 is 11.8 Å². The maximum absolute atomic E-state index is 11.6. The van der Waals surface area contributed by atoms with Crippen molar-refractivity contribution in [2.24, 2.45) is 0 Å². The first kappa shape index (κ1) is 16.9. The van der Waals surface area contributed by atoms with Gasteiger partial charge in [-0.05, 0) is 50.8 Å². The van der Waals surface area contributed by atoms with E-state index in [0.717, 1.165) is 24.4 Å². The Morgan fingerprint density at radius 2 is 2.15 bits per heavy atom. The number of thioether (sulfide) groups is 1. The number of rotatable bonds is 8. The summed E-state index contributed by atoms with van der Waals surface area (Å²) in [6.07, 6.45) is 4.12. The lowest BCUT2D eigenvalue weighted by Gasteiger charge is -2.21. The Hall–Kier alpha value is -1.14. The summed E-state index contributed by atoms with van der Waals surface area (Å²) in [6, 6.07) is 3.24. The normalized spacial score (nSPS) is 13.8. The largest absolute Gasteiger partial charge is 0.463 e. The molecule has 114 valence electrons. The number of carbonyl (C=O) groups is 1. The molecule has 5 nitrogen and oxygen atoms in total. The van der Waals surface area contributed by atoms with E-state index >= 15 is 0 Å². The van der Waals surface area contributed by atoms with Crippen molar-refractivity contribution in [3.63, 3.8) is 0 Å². The highest BCUT2D eigenvalue weighted by Gasteiger charge is 2.27. The summed E-state index contributed by atoms with van der Waals surface area (Å²) in [5, 5.41) is 15.7. The van der Waals surface area contributed by atoms with Gasteiger partial charge in [0, 0.05) is 6.54 Å². The van der Waals surface area contributed by atoms with Crippen molar-refractivity contribution >= 4 is 17.8 Å². The molecule has 0 aliphatic carbocycles. The molecule has 1 aromatic rings. The first-order valence-corrected chi connectivity index (χ1v) is 8.15. The van der Waals surface area contributed by atoms with Gasteiger partial charge in [-0.25, -0.2) is 4.79 Å². The van der Waals surface area contributed by atoms with Crippen LogP contribution in [0.5, 0.6) is 0 Å². The Labute approximate surface area is 124 Å². The molecule has 1 aromatic heterocycles. The molecule has 1 unspecified atom stereocenters. The fraction of sp³-hybridized carbons (Fsp3) is 0.643. The lowest BCUT2D eigenvalue weighted by atomic mass is 10.0. The number of aryl methyl sites for hydroxylation is 1. The number of urea groups is 1. The molecular weight excluding hydrogens is 276 g/mol. The van der Waals surface area contributed by atoms with Gasteiger partial charge in [-0.1, -0.05) is 0 Å². The lowest BCUT2D eigenvalue weighted by Crippen LogP contribution is -2.43. The minimum atomic E-state index is -1.20. The molecule has 0 aromatic carbocycles. The second kappa shape index (κ2) is 8.21. The summed E-state index contributed by atoms with van der Waals surface area (Å²) in [6.45, 7) is 4.18. The highest BCUT2D eigenvalue weighted by atomic mass is 32.2. The Morgan fingerprint density at radius 1 is 1.40 bits per heavy atom. The molecule has 3 N–H and O–H groups in total. The van der Waals surface area contributed by atoms with E-state index in [1.807, 2.05) is 6.92 Å². The number of nitrogens with one attached hydrogen (secondary N) is 2. The zero-order valence-corrected chi connectivity index (χ0v) is 13.2. The predicted octanol–water partition coefficient (Wildman–Crippen LogP) is 2.24. The summed E-state index contributed by atoms with van der Waals surface area (Å²) < 4.78 is 5.38. The highest BCUT2D eigenvalue weighted by molar-refractivity contribution is 7.98. The standard InChI is InChI=1S/C14H24N2O3S/c1-11-6-7-12(19-11)14(2,18)10-16-13(17)15-8-4-5-9-20-3/h6-7,18H,4-5,8-10H2,1-3H3,(H2,15,16,17). The van der Waals surface area contributed by atoms with Crippen LogP contribution in [0.3, 0.4) is 0 Å². The van der Waals surface area contributed by atoms with E-state index in [9.17, 15) is 9.90 Å². The zero-order chi connectivity index (χ0) is 15.0. The van der Waals surface area contributed by atoms with Gasteiger partial charge in [0.05, 0.1) is 6.54 Å². The van der Waals surface area contributed by atoms with Crippen molar-refractivity contribution in [3.8, 4) is 0 Å². The fourth-order valence-corrected chi connectivity index (χ4v) is 2.19. The molecule has 0 saturated heterocycles. The molecule has 1 heterocycles. The Morgan fingerprint density at radius 3 is 2.75 bits per heavy atom. The Bertz CT molecular complexity index is 418. The molecule has 0 bridgehead atoms. The first-order valence-electron chi connectivity index (χ1n) is 6.75. The average Bonchev–Trinajstić information content (AvgIpc) is 2.84. The maximum Gasteiger partial charge on any atom is 0.314 e. The van der Waals surface area contributed by atoms with Crippen molar-refractivity contribution in [1.29, 1.82) is 0 Å². The number of hydrogen-bond acceptors (Lipinski definition) is 4. The third kappa shape index (κ3) is 5.88. The SMILES string of the molecule is CSCCCCNC(=O)NCC(C)(O)c1ccc(C)o1. The van der Waals surface area contributed by atoms with Crippen LogP contribution in [-0.4, -0.2) is 36.2 Å². The van der Waals surface area contributed by atoms with Gasteiger partial charge in [-0.3, -0.25) is 0 Å². The van der Waals surface area contributed by atoms with E-state index in [-0.39, 0.29) is 12.6 Å². The predicted molar refractivity (Wildman–Crippen MR) is 82.0 cm³/mol. The van der Waals surface area contributed by atoms with Crippen LogP contribution < -0.4 is 10.6 Å². The molecule has 0 aliphatic heterocycles. The van der Waals surface area contributed by atoms with E-state index in [0.29, 0.717) is 12.3 Å². The van der Waals surface area contributed by atoms with Gasteiger partial charge in [-0.2, -0.15) is 11.8 Å². The van der Waals surface area contributed by atoms with E-state index in [1.165, 1.54) is 0 Å². The number of furan rings is 1. The summed E-state index contributed by atoms with van der Waals surface area (Å²) in [4.78, 5) is 11.6. The van der Waals surface area contributed by atoms with Crippen LogP contribution in [0.2, 0.25) is 0 Å². The molecule has 1 atom stereocenters. The molecule has 0 radical (unpaired) electrons. The van der Waals surface area contributed by atoms with E-state index in [4.69, 9.17) is 4.42 Å². The summed E-state index contributed by atoms with van der Waals surface area (Å²) in [5.74, 6) is 2.30. The van der Waals surface area contributed by atoms with Crippen LogP contribution in [0.1, 0.15) is 31.3 Å². The summed E-state index contributed by atoms with van der Waals surface area (Å²) in [7, 11) is 0. The number of amides is 2. The third-order valence-electron chi connectivity index (χ3n) is 2.93. The molecule has 1 rings (SSSR count). The van der Waals surface area contributed by atoms with Crippen molar-refractivity contribution in [3.05, 3.63) is 23.7 Å². The van der Waals surface area contributed by atoms with Gasteiger partial charge in [0.1, 0.15) is 17.1 Å². The number of aliphatic hydroxyl groups is 1. The van der Waals surface area contributed by atoms with E-state index in [2.05, 4.69) is 16.9 Å². The number of unbranched alkanes of at least 4 members (excludes halogenated alkanes) is 1. The second-order valence-electron chi connectivity index (χ2n) is 4.99. The lowest BCUT2D eigenvalue weighted by molar-refractivity contribution is 0.0360. The van der Waals surface area contributed by atoms with Gasteiger partial charge >= 0.3 is 6.03 Å². The average molecular weight is 300 g/mol. The number of carbonyl (C=O) groups excluding carboxylic acids is 1. The van der Waals surface area contributed by atoms with Gasteiger partial charge in [0.25, 0.3) is 0 Å². The molecule has 6 heteroatoms. The molecule has 0 aliphatic rings. The molecule has 0 spiro atoms. The van der Waals surface area contributed by atoms with Gasteiger partial charge in [0.2, 0.25) is 0 Å². The Balaban J connectivity index is 2.26. The zero-order valence-electron chi connectivity index (χ0n) is 12.4. The fourth-order valence-electron chi connectivity index (χ4n) is 1.70. The molecular formula is C14H24N2O3S. The van der Waals surface area contributed by atoms with Crippen LogP contribution in [-0.2, 0) is 5.60 Å². The minimum Gasteiger partial charge on any atom is -0.463 e. The topological polar surface area (TPSA) is 74.5 Å². The van der Waals surface area contributed by atoms with Crippen molar-refractivity contribution in [1.82, 2.24) is 10.6 Å². The quantitative estimate of drug-likeness (QED) is 0.644. The third-order valence-corrected chi connectivity index (χ3v) is 3.62. The van der Waals surface area contributed by atoms with Crippen LogP contribution in [0.4, 0.5) is 4.79 Å². The highest BCUT2D eigenvalue weighted by Crippen LogP contribution is 2.21. The van der Waals surface area contributed by atoms with Crippen LogP contribution in [0.15, 0.2) is 16.5 Å². The minimum absolute atomic E-state index is 0.108. The van der Waals surface area contributed by atoms with Crippen molar-refractivity contribution < 1.29 is 14.3 Å². The first-order chi connectivity index (χ1) is 9.45. The van der Waals surface area contributed by atoms with Gasteiger partial charge in [-0.15, -0.1) is 0 Å². The van der Waals surface area contributed by atoms with E-state index in [1.54, 1.807) is 30.8 Å². The Kier molecular flexibility index (Phi) is 6.95. The van der Waals surface area contributed by atoms with Gasteiger partial charge < -0.3 is 20.2 Å². The molecule has 0 fully saturated rings. The van der Waals surface area contributed by atoms with Crippen LogP contribution in [0, 0.1) is 6.92 Å². The van der Waals surface area contributed by atoms with Gasteiger partial charge in [0.15, 0.2) is 0 Å². The smallest absolute Gasteiger partial charge is 0.314 e. The molecule has 20 heavy (non-hydrogen) atoms. The van der Waals surface area contributed by atoms with Crippen molar-refractivity contribution in [2.75, 3.05) is 25.1 Å². The maximum atomic E-state index is 11.6. The van der Waals surface area contributed by atoms with Crippen molar-refractivity contribution in [2.45, 2.75) is 32.3 Å². The molecule has 2 amide bonds. The molecule has 0 saturated carbocycles. The second-order valence-corrected chi connectivity index (χ2v) is 5.98. The number of hydrogen-bond donors (Lipinski definition) is 3. The summed E-state index contributed by atoms with van der Waals surface area (Å²) >= 11 is 1.80. The van der Waals surface area contributed by atoms with Crippen LogP contribution in [0.25, 0.3) is 0 Å².